The van der Waals surface area contributed by atoms with Gasteiger partial charge in [0, 0.05) is 12.1 Å². The van der Waals surface area contributed by atoms with E-state index in [0.717, 1.165) is 17.7 Å². The van der Waals surface area contributed by atoms with Gasteiger partial charge in [-0.2, -0.15) is 0 Å². The van der Waals surface area contributed by atoms with Gasteiger partial charge in [-0.15, -0.1) is 0 Å². The minimum atomic E-state index is -1.39. The molecule has 1 aromatic heterocycles. The molecule has 3 rings (SSSR count). The number of carbonyl (C=O) groups is 1. The number of rotatable bonds is 5. The molecule has 1 fully saturated rings. The summed E-state index contributed by atoms with van der Waals surface area (Å²) in [4.78, 5) is 16.8. The summed E-state index contributed by atoms with van der Waals surface area (Å²) in [6.45, 7) is 3.71. The first-order valence-electron chi connectivity index (χ1n) is 8.15. The van der Waals surface area contributed by atoms with E-state index in [-0.39, 0.29) is 6.54 Å². The number of aromatic nitrogens is 1. The normalized spacial score (nSPS) is 26.5. The third-order valence-corrected chi connectivity index (χ3v) is 4.90. The molecule has 1 saturated heterocycles. The van der Waals surface area contributed by atoms with E-state index in [0.29, 0.717) is 6.42 Å². The molecule has 2 heterocycles. The van der Waals surface area contributed by atoms with E-state index < -0.39 is 17.4 Å². The van der Waals surface area contributed by atoms with Crippen molar-refractivity contribution in [3.8, 4) is 0 Å². The molecule has 2 N–H and O–H groups in total. The molecule has 0 bridgehead atoms. The van der Waals surface area contributed by atoms with Crippen molar-refractivity contribution >= 4 is 6.09 Å². The number of nitrogens with one attached hydrogen (secondary N) is 1. The number of ether oxygens (including phenoxy) is 1. The third-order valence-electron chi connectivity index (χ3n) is 4.90. The van der Waals surface area contributed by atoms with Gasteiger partial charge in [-0.1, -0.05) is 36.4 Å². The Balaban J connectivity index is 1.76. The molecule has 1 aliphatic heterocycles. The second-order valence-electron chi connectivity index (χ2n) is 6.58. The van der Waals surface area contributed by atoms with Gasteiger partial charge >= 0.3 is 6.09 Å². The maximum Gasteiger partial charge on any atom is 0.413 e. The van der Waals surface area contributed by atoms with Crippen LogP contribution < -0.4 is 4.98 Å². The second kappa shape index (κ2) is 6.24. The highest BCUT2D eigenvalue weighted by Gasteiger charge is 2.59. The van der Waals surface area contributed by atoms with E-state index >= 15 is 0 Å². The van der Waals surface area contributed by atoms with Crippen molar-refractivity contribution in [2.45, 2.75) is 44.6 Å². The summed E-state index contributed by atoms with van der Waals surface area (Å²) >= 11 is 0. The van der Waals surface area contributed by atoms with Crippen LogP contribution in [0.2, 0.25) is 0 Å². The van der Waals surface area contributed by atoms with Gasteiger partial charge in [0.2, 0.25) is 0 Å². The lowest BCUT2D eigenvalue weighted by molar-refractivity contribution is -0.393. The Morgan fingerprint density at radius 1 is 1.12 bits per heavy atom. The molecule has 5 heteroatoms. The largest absolute Gasteiger partial charge is 0.438 e. The molecule has 1 aromatic carbocycles. The average molecular weight is 327 g/mol. The number of nitrogens with zero attached hydrogens (tertiary/aromatic N) is 1. The van der Waals surface area contributed by atoms with Crippen LogP contribution in [0.15, 0.2) is 54.7 Å². The zero-order valence-corrected chi connectivity index (χ0v) is 14.0. The van der Waals surface area contributed by atoms with Crippen LogP contribution in [0.25, 0.3) is 0 Å². The highest BCUT2D eigenvalue weighted by molar-refractivity contribution is 5.72. The molecule has 2 unspecified atom stereocenters. The van der Waals surface area contributed by atoms with Crippen LogP contribution >= 0.6 is 0 Å². The summed E-state index contributed by atoms with van der Waals surface area (Å²) < 4.78 is 5.59. The fraction of sp³-hybridized carbons (Fsp3) is 0.368. The van der Waals surface area contributed by atoms with E-state index in [1.54, 1.807) is 20.0 Å². The molecule has 0 saturated carbocycles. The predicted molar refractivity (Wildman–Crippen MR) is 88.8 cm³/mol. The Labute approximate surface area is 141 Å². The predicted octanol–water partition coefficient (Wildman–Crippen LogP) is 2.55. The van der Waals surface area contributed by atoms with Crippen LogP contribution in [-0.2, 0) is 17.7 Å². The Kier molecular flexibility index (Phi) is 4.28. The number of hydrogen-bond acceptors (Lipinski definition) is 3. The second-order valence-corrected chi connectivity index (χ2v) is 6.58. The molecule has 0 radical (unpaired) electrons. The number of H-pyrrole nitrogens is 1. The van der Waals surface area contributed by atoms with Crippen molar-refractivity contribution in [1.29, 1.82) is 0 Å². The van der Waals surface area contributed by atoms with Gasteiger partial charge in [0.05, 0.1) is 0 Å². The molecule has 1 aliphatic rings. The summed E-state index contributed by atoms with van der Waals surface area (Å²) in [5.41, 5.74) is -0.362. The Bertz CT molecular complexity index is 700. The maximum absolute atomic E-state index is 12.4. The lowest BCUT2D eigenvalue weighted by Gasteiger charge is -2.37. The zero-order valence-electron chi connectivity index (χ0n) is 14.0. The van der Waals surface area contributed by atoms with Gasteiger partial charge in [0.25, 0.3) is 0 Å². The van der Waals surface area contributed by atoms with Crippen molar-refractivity contribution in [2.24, 2.45) is 0 Å². The maximum atomic E-state index is 12.4. The van der Waals surface area contributed by atoms with Crippen LogP contribution in [0.4, 0.5) is 4.79 Å². The van der Waals surface area contributed by atoms with Crippen LogP contribution in [0, 0.1) is 0 Å². The van der Waals surface area contributed by atoms with Crippen LogP contribution in [0.1, 0.15) is 31.5 Å². The van der Waals surface area contributed by atoms with E-state index in [9.17, 15) is 9.90 Å². The van der Waals surface area contributed by atoms with Crippen LogP contribution in [0.5, 0.6) is 0 Å². The van der Waals surface area contributed by atoms with Gasteiger partial charge in [-0.3, -0.25) is 4.90 Å². The number of aliphatic hydroxyl groups is 1. The van der Waals surface area contributed by atoms with Crippen LogP contribution in [0.3, 0.4) is 0 Å². The number of cyclic esters (lactones) is 1. The minimum absolute atomic E-state index is 0.271. The van der Waals surface area contributed by atoms with E-state index in [1.807, 2.05) is 48.5 Å². The molecule has 2 aromatic rings. The molecule has 1 amide bonds. The van der Waals surface area contributed by atoms with Gasteiger partial charge in [0.1, 0.15) is 6.54 Å². The quantitative estimate of drug-likeness (QED) is 0.918. The number of aromatic amines is 1. The number of benzene rings is 1. The zero-order chi connectivity index (χ0) is 17.2. The molecular weight excluding hydrogens is 304 g/mol. The fourth-order valence-electron chi connectivity index (χ4n) is 3.04. The third kappa shape index (κ3) is 2.99. The number of pyridine rings is 1. The van der Waals surface area contributed by atoms with Gasteiger partial charge in [-0.05, 0) is 32.3 Å². The number of aryl methyl sites for hydroxylation is 1. The summed E-state index contributed by atoms with van der Waals surface area (Å²) in [5.74, 6) is 0. The Morgan fingerprint density at radius 2 is 1.83 bits per heavy atom. The molecule has 0 spiro atoms. The van der Waals surface area contributed by atoms with Crippen molar-refractivity contribution < 1.29 is 19.6 Å². The highest BCUT2D eigenvalue weighted by atomic mass is 16.6. The first kappa shape index (κ1) is 16.5. The topological polar surface area (TPSA) is 63.9 Å². The molecule has 126 valence electrons. The summed E-state index contributed by atoms with van der Waals surface area (Å²) in [6, 6.07) is 15.6. The van der Waals surface area contributed by atoms with Crippen LogP contribution in [-0.4, -0.2) is 27.4 Å². The number of hydrogen-bond donors (Lipinski definition) is 1. The lowest BCUT2D eigenvalue weighted by atomic mass is 9.87. The van der Waals surface area contributed by atoms with Crippen molar-refractivity contribution in [1.82, 2.24) is 4.90 Å². The Morgan fingerprint density at radius 3 is 2.50 bits per heavy atom. The summed E-state index contributed by atoms with van der Waals surface area (Å²) in [6.07, 6.45) is 2.57. The molecule has 0 aliphatic carbocycles. The molecular formula is C19H23N2O3+. The fourth-order valence-corrected chi connectivity index (χ4v) is 3.04. The van der Waals surface area contributed by atoms with E-state index in [2.05, 4.69) is 4.98 Å². The number of amides is 1. The monoisotopic (exact) mass is 327 g/mol. The molecule has 5 nitrogen and oxygen atoms in total. The molecule has 2 atom stereocenters. The average Bonchev–Trinajstić information content (AvgIpc) is 2.75. The SMILES string of the molecule is CC1(CCc2ccccc2)OC(=O)N(Cc2cccc[nH+]2)C1(C)O. The van der Waals surface area contributed by atoms with Crippen molar-refractivity contribution in [2.75, 3.05) is 0 Å². The van der Waals surface area contributed by atoms with Crippen molar-refractivity contribution in [3.05, 3.63) is 66.0 Å². The van der Waals surface area contributed by atoms with E-state index in [4.69, 9.17) is 4.74 Å². The highest BCUT2D eigenvalue weighted by Crippen LogP contribution is 2.41. The molecule has 24 heavy (non-hydrogen) atoms. The van der Waals surface area contributed by atoms with Crippen molar-refractivity contribution in [3.63, 3.8) is 0 Å². The first-order valence-corrected chi connectivity index (χ1v) is 8.15. The summed E-state index contributed by atoms with van der Waals surface area (Å²) in [7, 11) is 0. The van der Waals surface area contributed by atoms with Gasteiger partial charge < -0.3 is 9.84 Å². The number of carbonyl (C=O) groups excluding carboxylic acids is 1. The summed E-state index contributed by atoms with van der Waals surface area (Å²) in [5, 5.41) is 11.0. The lowest BCUT2D eigenvalue weighted by Crippen LogP contribution is -2.55. The smallest absolute Gasteiger partial charge is 0.413 e. The van der Waals surface area contributed by atoms with E-state index in [1.165, 1.54) is 4.90 Å². The van der Waals surface area contributed by atoms with Gasteiger partial charge in [0.15, 0.2) is 23.2 Å². The standard InChI is InChI=1S/C19H22N2O3/c1-18(12-11-15-8-4-3-5-9-15)19(2,23)21(17(22)24-18)14-16-10-6-7-13-20-16/h3-10,13,23H,11-12,14H2,1-2H3/p+1. The Hall–Kier alpha value is -2.40. The first-order chi connectivity index (χ1) is 11.4. The minimum Gasteiger partial charge on any atom is -0.438 e. The van der Waals surface area contributed by atoms with Gasteiger partial charge in [-0.25, -0.2) is 9.78 Å².